The SMILES string of the molecule is CCC(C)C(C)NC(=O)NCCc1nc(C(=O)O)cs1. The number of hydrogen-bond acceptors (Lipinski definition) is 4. The predicted octanol–water partition coefficient (Wildman–Crippen LogP) is 2.12. The Kier molecular flexibility index (Phi) is 6.44. The maximum absolute atomic E-state index is 11.6. The van der Waals surface area contributed by atoms with E-state index in [1.165, 1.54) is 16.7 Å². The Hall–Kier alpha value is -1.63. The fraction of sp³-hybridized carbons (Fsp3) is 0.615. The summed E-state index contributed by atoms with van der Waals surface area (Å²) in [6.07, 6.45) is 1.54. The minimum Gasteiger partial charge on any atom is -0.476 e. The number of thiazole rings is 1. The van der Waals surface area contributed by atoms with E-state index in [0.29, 0.717) is 23.9 Å². The Labute approximate surface area is 122 Å². The lowest BCUT2D eigenvalue weighted by atomic mass is 10.0. The van der Waals surface area contributed by atoms with Gasteiger partial charge in [0.05, 0.1) is 5.01 Å². The van der Waals surface area contributed by atoms with Gasteiger partial charge in [-0.05, 0) is 12.8 Å². The van der Waals surface area contributed by atoms with Gasteiger partial charge in [0.15, 0.2) is 5.69 Å². The van der Waals surface area contributed by atoms with Gasteiger partial charge in [-0.15, -0.1) is 11.3 Å². The highest BCUT2D eigenvalue weighted by Crippen LogP contribution is 2.10. The third-order valence-electron chi connectivity index (χ3n) is 3.25. The van der Waals surface area contributed by atoms with Crippen LogP contribution in [0.2, 0.25) is 0 Å². The molecule has 1 aromatic heterocycles. The minimum atomic E-state index is -1.03. The molecular weight excluding hydrogens is 278 g/mol. The Bertz CT molecular complexity index is 461. The van der Waals surface area contributed by atoms with Crippen LogP contribution in [0.15, 0.2) is 5.38 Å². The molecule has 0 saturated carbocycles. The second-order valence-corrected chi connectivity index (χ2v) is 5.70. The van der Waals surface area contributed by atoms with Crippen molar-refractivity contribution < 1.29 is 14.7 Å². The number of carboxylic acids is 1. The Morgan fingerprint density at radius 3 is 2.70 bits per heavy atom. The summed E-state index contributed by atoms with van der Waals surface area (Å²) in [6.45, 7) is 6.59. The van der Waals surface area contributed by atoms with E-state index in [2.05, 4.69) is 29.5 Å². The van der Waals surface area contributed by atoms with E-state index < -0.39 is 5.97 Å². The number of rotatable bonds is 7. The van der Waals surface area contributed by atoms with Gasteiger partial charge in [-0.2, -0.15) is 0 Å². The smallest absolute Gasteiger partial charge is 0.355 e. The van der Waals surface area contributed by atoms with Crippen LogP contribution in [0.4, 0.5) is 4.79 Å². The molecule has 0 aliphatic carbocycles. The van der Waals surface area contributed by atoms with Gasteiger partial charge in [-0.25, -0.2) is 14.6 Å². The van der Waals surface area contributed by atoms with E-state index >= 15 is 0 Å². The van der Waals surface area contributed by atoms with Gasteiger partial charge in [-0.1, -0.05) is 20.3 Å². The van der Waals surface area contributed by atoms with E-state index in [1.807, 2.05) is 6.92 Å². The second kappa shape index (κ2) is 7.84. The van der Waals surface area contributed by atoms with Crippen molar-refractivity contribution in [3.8, 4) is 0 Å². The molecule has 0 aliphatic rings. The number of nitrogens with zero attached hydrogens (tertiary/aromatic N) is 1. The Morgan fingerprint density at radius 1 is 1.45 bits per heavy atom. The molecule has 0 fully saturated rings. The zero-order valence-corrected chi connectivity index (χ0v) is 12.8. The molecule has 0 bridgehead atoms. The molecule has 0 aromatic carbocycles. The van der Waals surface area contributed by atoms with E-state index in [-0.39, 0.29) is 17.8 Å². The monoisotopic (exact) mass is 299 g/mol. The van der Waals surface area contributed by atoms with Crippen LogP contribution >= 0.6 is 11.3 Å². The zero-order chi connectivity index (χ0) is 15.1. The number of carbonyl (C=O) groups excluding carboxylic acids is 1. The summed E-state index contributed by atoms with van der Waals surface area (Å²) in [7, 11) is 0. The van der Waals surface area contributed by atoms with Crippen LogP contribution < -0.4 is 10.6 Å². The van der Waals surface area contributed by atoms with Crippen LogP contribution in [0.5, 0.6) is 0 Å². The topological polar surface area (TPSA) is 91.3 Å². The zero-order valence-electron chi connectivity index (χ0n) is 12.0. The number of amides is 2. The number of aromatic nitrogens is 1. The molecule has 1 heterocycles. The molecule has 2 atom stereocenters. The first-order valence-corrected chi connectivity index (χ1v) is 7.54. The molecule has 0 aliphatic heterocycles. The van der Waals surface area contributed by atoms with Gasteiger partial charge in [-0.3, -0.25) is 0 Å². The number of nitrogens with one attached hydrogen (secondary N) is 2. The molecule has 0 saturated heterocycles. The van der Waals surface area contributed by atoms with E-state index in [9.17, 15) is 9.59 Å². The summed E-state index contributed by atoms with van der Waals surface area (Å²) in [5.74, 6) is -0.599. The van der Waals surface area contributed by atoms with Gasteiger partial charge in [0.1, 0.15) is 0 Å². The van der Waals surface area contributed by atoms with Gasteiger partial charge in [0.2, 0.25) is 0 Å². The van der Waals surface area contributed by atoms with Gasteiger partial charge in [0, 0.05) is 24.4 Å². The van der Waals surface area contributed by atoms with Crippen LogP contribution in [0.25, 0.3) is 0 Å². The average Bonchev–Trinajstić information content (AvgIpc) is 2.86. The molecular formula is C13H21N3O3S. The number of carbonyl (C=O) groups is 2. The Morgan fingerprint density at radius 2 is 2.15 bits per heavy atom. The Balaban J connectivity index is 2.29. The molecule has 1 aromatic rings. The molecule has 20 heavy (non-hydrogen) atoms. The fourth-order valence-electron chi connectivity index (χ4n) is 1.56. The normalized spacial score (nSPS) is 13.6. The summed E-state index contributed by atoms with van der Waals surface area (Å²) in [4.78, 5) is 26.3. The van der Waals surface area contributed by atoms with Gasteiger partial charge in [0.25, 0.3) is 0 Å². The molecule has 3 N–H and O–H groups in total. The van der Waals surface area contributed by atoms with Crippen LogP contribution in [-0.2, 0) is 6.42 Å². The van der Waals surface area contributed by atoms with Gasteiger partial charge >= 0.3 is 12.0 Å². The standard InChI is InChI=1S/C13H21N3O3S/c1-4-8(2)9(3)15-13(19)14-6-5-11-16-10(7-20-11)12(17)18/h7-9H,4-6H2,1-3H3,(H,17,18)(H2,14,15,19). The van der Waals surface area contributed by atoms with Crippen molar-refractivity contribution in [2.24, 2.45) is 5.92 Å². The van der Waals surface area contributed by atoms with Crippen molar-refractivity contribution in [3.05, 3.63) is 16.1 Å². The number of urea groups is 1. The maximum atomic E-state index is 11.6. The lowest BCUT2D eigenvalue weighted by molar-refractivity contribution is 0.0691. The molecule has 112 valence electrons. The third-order valence-corrected chi connectivity index (χ3v) is 4.16. The van der Waals surface area contributed by atoms with Crippen molar-refractivity contribution >= 4 is 23.3 Å². The molecule has 1 rings (SSSR count). The molecule has 0 radical (unpaired) electrons. The van der Waals surface area contributed by atoms with Crippen molar-refractivity contribution in [2.75, 3.05) is 6.54 Å². The molecule has 0 spiro atoms. The molecule has 2 amide bonds. The van der Waals surface area contributed by atoms with E-state index in [4.69, 9.17) is 5.11 Å². The average molecular weight is 299 g/mol. The predicted molar refractivity (Wildman–Crippen MR) is 78.2 cm³/mol. The highest BCUT2D eigenvalue weighted by atomic mass is 32.1. The van der Waals surface area contributed by atoms with Crippen molar-refractivity contribution in [2.45, 2.75) is 39.7 Å². The molecule has 6 nitrogen and oxygen atoms in total. The quantitative estimate of drug-likeness (QED) is 0.719. The second-order valence-electron chi connectivity index (χ2n) is 4.76. The summed E-state index contributed by atoms with van der Waals surface area (Å²) < 4.78 is 0. The van der Waals surface area contributed by atoms with Gasteiger partial charge < -0.3 is 15.7 Å². The van der Waals surface area contributed by atoms with E-state index in [1.54, 1.807) is 0 Å². The van der Waals surface area contributed by atoms with Crippen LogP contribution in [0.3, 0.4) is 0 Å². The van der Waals surface area contributed by atoms with Crippen molar-refractivity contribution in [1.82, 2.24) is 15.6 Å². The summed E-state index contributed by atoms with van der Waals surface area (Å²) in [5.41, 5.74) is 0.0554. The van der Waals surface area contributed by atoms with Crippen molar-refractivity contribution in [1.29, 1.82) is 0 Å². The van der Waals surface area contributed by atoms with E-state index in [0.717, 1.165) is 6.42 Å². The van der Waals surface area contributed by atoms with Crippen molar-refractivity contribution in [3.63, 3.8) is 0 Å². The van der Waals surface area contributed by atoms with Crippen LogP contribution in [0.1, 0.15) is 42.7 Å². The molecule has 7 heteroatoms. The lowest BCUT2D eigenvalue weighted by Gasteiger charge is -2.19. The molecule has 2 unspecified atom stereocenters. The first kappa shape index (κ1) is 16.4. The van der Waals surface area contributed by atoms with Crippen LogP contribution in [-0.4, -0.2) is 34.7 Å². The third kappa shape index (κ3) is 5.16. The first-order chi connectivity index (χ1) is 9.43. The lowest BCUT2D eigenvalue weighted by Crippen LogP contribution is -2.43. The fourth-order valence-corrected chi connectivity index (χ4v) is 2.33. The summed E-state index contributed by atoms with van der Waals surface area (Å²) in [6, 6.07) is -0.0775. The first-order valence-electron chi connectivity index (χ1n) is 6.66. The maximum Gasteiger partial charge on any atom is 0.355 e. The number of aromatic carboxylic acids is 1. The highest BCUT2D eigenvalue weighted by Gasteiger charge is 2.13. The number of carboxylic acid groups (broad SMARTS) is 1. The largest absolute Gasteiger partial charge is 0.476 e. The minimum absolute atomic E-state index is 0.0554. The highest BCUT2D eigenvalue weighted by molar-refractivity contribution is 7.09. The summed E-state index contributed by atoms with van der Waals surface area (Å²) in [5, 5.41) is 16.6. The van der Waals surface area contributed by atoms with Crippen LogP contribution in [0, 0.1) is 5.92 Å². The number of hydrogen-bond donors (Lipinski definition) is 3. The summed E-state index contributed by atoms with van der Waals surface area (Å²) >= 11 is 1.29.